The van der Waals surface area contributed by atoms with Crippen LogP contribution in [0.15, 0.2) is 78.9 Å². The third-order valence-corrected chi connectivity index (χ3v) is 3.55. The standard InChI is InChI=1S/C20H17NO2/c22-15-21-19-10-6-17(7-11-19)18-8-12-20(13-9-18)23-14-16-4-2-1-3-5-16/h1-13,15H,14H2,(H,21,22). The number of hydrogen-bond acceptors (Lipinski definition) is 2. The molecular weight excluding hydrogens is 286 g/mol. The minimum atomic E-state index is 0.562. The van der Waals surface area contributed by atoms with Gasteiger partial charge in [0.25, 0.3) is 0 Å². The van der Waals surface area contributed by atoms with Gasteiger partial charge in [-0.15, -0.1) is 0 Å². The van der Waals surface area contributed by atoms with Gasteiger partial charge in [-0.2, -0.15) is 0 Å². The molecule has 0 spiro atoms. The molecule has 3 nitrogen and oxygen atoms in total. The maximum Gasteiger partial charge on any atom is 0.211 e. The van der Waals surface area contributed by atoms with E-state index in [2.05, 4.69) is 5.32 Å². The summed E-state index contributed by atoms with van der Waals surface area (Å²) in [6.07, 6.45) is 0.674. The smallest absolute Gasteiger partial charge is 0.211 e. The Labute approximate surface area is 135 Å². The number of amides is 1. The molecule has 1 N–H and O–H groups in total. The molecule has 0 fully saturated rings. The van der Waals surface area contributed by atoms with Crippen LogP contribution >= 0.6 is 0 Å². The maximum absolute atomic E-state index is 10.4. The monoisotopic (exact) mass is 303 g/mol. The summed E-state index contributed by atoms with van der Waals surface area (Å²) in [6, 6.07) is 25.8. The van der Waals surface area contributed by atoms with Crippen LogP contribution in [0.1, 0.15) is 5.56 Å². The van der Waals surface area contributed by atoms with E-state index in [0.717, 1.165) is 28.1 Å². The zero-order chi connectivity index (χ0) is 15.9. The number of benzene rings is 3. The lowest BCUT2D eigenvalue weighted by atomic mass is 10.1. The first-order valence-corrected chi connectivity index (χ1v) is 7.42. The van der Waals surface area contributed by atoms with Crippen molar-refractivity contribution in [2.45, 2.75) is 6.61 Å². The quantitative estimate of drug-likeness (QED) is 0.681. The highest BCUT2D eigenvalue weighted by atomic mass is 16.5. The van der Waals surface area contributed by atoms with Gasteiger partial charge < -0.3 is 10.1 Å². The van der Waals surface area contributed by atoms with Crippen molar-refractivity contribution in [1.29, 1.82) is 0 Å². The fraction of sp³-hybridized carbons (Fsp3) is 0.0500. The molecule has 3 aromatic rings. The Morgan fingerprint density at radius 3 is 2.00 bits per heavy atom. The molecule has 0 aliphatic carbocycles. The molecule has 23 heavy (non-hydrogen) atoms. The molecule has 0 saturated heterocycles. The molecule has 0 aliphatic heterocycles. The van der Waals surface area contributed by atoms with E-state index in [-0.39, 0.29) is 0 Å². The fourth-order valence-corrected chi connectivity index (χ4v) is 2.31. The molecule has 3 rings (SSSR count). The number of ether oxygens (including phenoxy) is 1. The van der Waals surface area contributed by atoms with E-state index in [1.165, 1.54) is 0 Å². The van der Waals surface area contributed by atoms with Gasteiger partial charge in [-0.05, 0) is 41.0 Å². The van der Waals surface area contributed by atoms with Gasteiger partial charge in [0, 0.05) is 5.69 Å². The zero-order valence-corrected chi connectivity index (χ0v) is 12.6. The second-order valence-electron chi connectivity index (χ2n) is 5.14. The topological polar surface area (TPSA) is 38.3 Å². The summed E-state index contributed by atoms with van der Waals surface area (Å²) in [4.78, 5) is 10.4. The molecule has 0 saturated carbocycles. The molecular formula is C20H17NO2. The van der Waals surface area contributed by atoms with Crippen LogP contribution in [0.25, 0.3) is 11.1 Å². The van der Waals surface area contributed by atoms with Crippen LogP contribution in [-0.4, -0.2) is 6.41 Å². The number of hydrogen-bond donors (Lipinski definition) is 1. The van der Waals surface area contributed by atoms with Crippen LogP contribution < -0.4 is 10.1 Å². The number of carbonyl (C=O) groups is 1. The fourth-order valence-electron chi connectivity index (χ4n) is 2.31. The van der Waals surface area contributed by atoms with Crippen LogP contribution in [0.3, 0.4) is 0 Å². The third kappa shape index (κ3) is 3.98. The highest BCUT2D eigenvalue weighted by Crippen LogP contribution is 2.24. The van der Waals surface area contributed by atoms with Crippen molar-refractivity contribution >= 4 is 12.1 Å². The number of carbonyl (C=O) groups excluding carboxylic acids is 1. The predicted molar refractivity (Wildman–Crippen MR) is 92.3 cm³/mol. The predicted octanol–water partition coefficient (Wildman–Crippen LogP) is 4.50. The lowest BCUT2D eigenvalue weighted by Gasteiger charge is -2.08. The van der Waals surface area contributed by atoms with Gasteiger partial charge >= 0.3 is 0 Å². The molecule has 0 unspecified atom stereocenters. The van der Waals surface area contributed by atoms with Gasteiger partial charge in [0.1, 0.15) is 12.4 Å². The van der Waals surface area contributed by atoms with Crippen LogP contribution in [0.4, 0.5) is 5.69 Å². The Morgan fingerprint density at radius 2 is 1.39 bits per heavy atom. The summed E-state index contributed by atoms with van der Waals surface area (Å²) in [7, 11) is 0. The first-order chi connectivity index (χ1) is 11.3. The molecule has 3 aromatic carbocycles. The number of anilines is 1. The van der Waals surface area contributed by atoms with Crippen LogP contribution in [0.5, 0.6) is 5.75 Å². The van der Waals surface area contributed by atoms with Crippen molar-refractivity contribution in [1.82, 2.24) is 0 Å². The van der Waals surface area contributed by atoms with E-state index in [9.17, 15) is 4.79 Å². The summed E-state index contributed by atoms with van der Waals surface area (Å²) in [5, 5.41) is 2.63. The number of nitrogens with one attached hydrogen (secondary N) is 1. The van der Waals surface area contributed by atoms with Gasteiger partial charge in [-0.3, -0.25) is 4.79 Å². The van der Waals surface area contributed by atoms with E-state index in [0.29, 0.717) is 13.0 Å². The van der Waals surface area contributed by atoms with Gasteiger partial charge in [-0.1, -0.05) is 54.6 Å². The molecule has 0 bridgehead atoms. The lowest BCUT2D eigenvalue weighted by Crippen LogP contribution is -1.94. The highest BCUT2D eigenvalue weighted by molar-refractivity contribution is 5.74. The first kappa shape index (κ1) is 14.9. The SMILES string of the molecule is O=CNc1ccc(-c2ccc(OCc3ccccc3)cc2)cc1. The minimum Gasteiger partial charge on any atom is -0.489 e. The third-order valence-electron chi connectivity index (χ3n) is 3.55. The van der Waals surface area contributed by atoms with E-state index >= 15 is 0 Å². The summed E-state index contributed by atoms with van der Waals surface area (Å²) < 4.78 is 5.79. The van der Waals surface area contributed by atoms with E-state index in [1.54, 1.807) is 0 Å². The van der Waals surface area contributed by atoms with Crippen molar-refractivity contribution in [2.75, 3.05) is 5.32 Å². The summed E-state index contributed by atoms with van der Waals surface area (Å²) in [6.45, 7) is 0.562. The van der Waals surface area contributed by atoms with Crippen molar-refractivity contribution in [3.63, 3.8) is 0 Å². The van der Waals surface area contributed by atoms with E-state index in [4.69, 9.17) is 4.74 Å². The molecule has 0 radical (unpaired) electrons. The van der Waals surface area contributed by atoms with Gasteiger partial charge in [-0.25, -0.2) is 0 Å². The van der Waals surface area contributed by atoms with E-state index in [1.807, 2.05) is 78.9 Å². The van der Waals surface area contributed by atoms with Crippen molar-refractivity contribution in [2.24, 2.45) is 0 Å². The van der Waals surface area contributed by atoms with Gasteiger partial charge in [0.15, 0.2) is 0 Å². The van der Waals surface area contributed by atoms with Crippen molar-refractivity contribution in [3.05, 3.63) is 84.4 Å². The lowest BCUT2D eigenvalue weighted by molar-refractivity contribution is -0.105. The summed E-state index contributed by atoms with van der Waals surface area (Å²) >= 11 is 0. The highest BCUT2D eigenvalue weighted by Gasteiger charge is 2.00. The number of rotatable bonds is 6. The molecule has 1 amide bonds. The normalized spacial score (nSPS) is 10.1. The van der Waals surface area contributed by atoms with Crippen molar-refractivity contribution in [3.8, 4) is 16.9 Å². The average Bonchev–Trinajstić information content (AvgIpc) is 2.62. The Balaban J connectivity index is 1.65. The second-order valence-corrected chi connectivity index (χ2v) is 5.14. The summed E-state index contributed by atoms with van der Waals surface area (Å²) in [5.74, 6) is 0.844. The van der Waals surface area contributed by atoms with Crippen molar-refractivity contribution < 1.29 is 9.53 Å². The largest absolute Gasteiger partial charge is 0.489 e. The van der Waals surface area contributed by atoms with Gasteiger partial charge in [0.05, 0.1) is 0 Å². The molecule has 0 aromatic heterocycles. The first-order valence-electron chi connectivity index (χ1n) is 7.42. The van der Waals surface area contributed by atoms with Crippen LogP contribution in [0, 0.1) is 0 Å². The summed E-state index contributed by atoms with van der Waals surface area (Å²) in [5.41, 5.74) is 4.13. The van der Waals surface area contributed by atoms with E-state index < -0.39 is 0 Å². The minimum absolute atomic E-state index is 0.562. The maximum atomic E-state index is 10.4. The molecule has 3 heteroatoms. The zero-order valence-electron chi connectivity index (χ0n) is 12.6. The van der Waals surface area contributed by atoms with Crippen LogP contribution in [-0.2, 0) is 11.4 Å². The Bertz CT molecular complexity index is 750. The van der Waals surface area contributed by atoms with Gasteiger partial charge in [0.2, 0.25) is 6.41 Å². The molecule has 114 valence electrons. The molecule has 0 aliphatic rings. The van der Waals surface area contributed by atoms with Crippen LogP contribution in [0.2, 0.25) is 0 Å². The molecule has 0 heterocycles. The molecule has 0 atom stereocenters. The Morgan fingerprint density at radius 1 is 0.783 bits per heavy atom. The average molecular weight is 303 g/mol. The Kier molecular flexibility index (Phi) is 4.69. The Hall–Kier alpha value is -3.07. The second kappa shape index (κ2) is 7.27.